The Balaban J connectivity index is 0.854. The molecule has 0 N–H and O–H groups in total. The lowest BCUT2D eigenvalue weighted by molar-refractivity contribution is 0.669. The summed E-state index contributed by atoms with van der Waals surface area (Å²) in [6, 6.07) is 99.9. The number of rotatable bonds is 8. The van der Waals surface area contributed by atoms with Crippen molar-refractivity contribution in [3.63, 3.8) is 0 Å². The molecule has 1 aliphatic rings. The molecule has 332 valence electrons. The van der Waals surface area contributed by atoms with E-state index in [9.17, 15) is 0 Å². The van der Waals surface area contributed by atoms with Gasteiger partial charge in [-0.05, 0) is 143 Å². The first kappa shape index (κ1) is 40.8. The fraction of sp³-hybridized carbons (Fsp3) is 0.0145. The van der Waals surface area contributed by atoms with Gasteiger partial charge >= 0.3 is 0 Å². The zero-order valence-corrected chi connectivity index (χ0v) is 38.8. The summed E-state index contributed by atoms with van der Waals surface area (Å²) in [6.45, 7) is 0. The van der Waals surface area contributed by atoms with E-state index in [2.05, 4.69) is 272 Å². The zero-order chi connectivity index (χ0) is 46.9. The second-order valence-electron chi connectivity index (χ2n) is 18.8. The number of para-hydroxylation sites is 1. The molecule has 71 heavy (non-hydrogen) atoms. The predicted molar refractivity (Wildman–Crippen MR) is 297 cm³/mol. The number of hydrogen-bond donors (Lipinski definition) is 0. The smallest absolute Gasteiger partial charge is 0.135 e. The molecular formula is C69H45NO. The lowest BCUT2D eigenvalue weighted by atomic mass is 9.68. The molecule has 0 radical (unpaired) electrons. The molecule has 0 fully saturated rings. The number of furan rings is 1. The van der Waals surface area contributed by atoms with Gasteiger partial charge in [0.2, 0.25) is 0 Å². The van der Waals surface area contributed by atoms with Crippen LogP contribution in [0.3, 0.4) is 0 Å². The number of benzene rings is 12. The van der Waals surface area contributed by atoms with Crippen LogP contribution >= 0.6 is 0 Å². The highest BCUT2D eigenvalue weighted by Gasteiger charge is 2.47. The first-order chi connectivity index (χ1) is 35.2. The van der Waals surface area contributed by atoms with E-state index < -0.39 is 5.41 Å². The van der Waals surface area contributed by atoms with Crippen LogP contribution in [0.25, 0.3) is 88.0 Å². The molecule has 14 rings (SSSR count). The summed E-state index contributed by atoms with van der Waals surface area (Å²) in [5.41, 5.74) is 19.2. The molecule has 2 nitrogen and oxygen atoms in total. The molecule has 13 aromatic rings. The number of nitrogens with zero attached hydrogens (tertiary/aromatic N) is 1. The van der Waals surface area contributed by atoms with E-state index in [-0.39, 0.29) is 0 Å². The third kappa shape index (κ3) is 6.64. The zero-order valence-electron chi connectivity index (χ0n) is 38.8. The van der Waals surface area contributed by atoms with Crippen molar-refractivity contribution in [2.75, 3.05) is 4.90 Å². The van der Waals surface area contributed by atoms with E-state index in [4.69, 9.17) is 4.42 Å². The van der Waals surface area contributed by atoms with Gasteiger partial charge in [0.1, 0.15) is 11.2 Å². The molecule has 2 heteroatoms. The molecule has 1 aliphatic carbocycles. The fourth-order valence-corrected chi connectivity index (χ4v) is 11.6. The normalized spacial score (nSPS) is 12.6. The van der Waals surface area contributed by atoms with Crippen LogP contribution in [0, 0.1) is 0 Å². The minimum Gasteiger partial charge on any atom is -0.456 e. The third-order valence-corrected chi connectivity index (χ3v) is 14.9. The molecule has 0 spiro atoms. The van der Waals surface area contributed by atoms with Gasteiger partial charge < -0.3 is 9.32 Å². The number of fused-ring (bicyclic) bond motifs is 8. The van der Waals surface area contributed by atoms with Gasteiger partial charge in [-0.25, -0.2) is 0 Å². The SMILES string of the molecule is c1ccc(C2(c3ccccc3)c3ccccc3-c3c(N(c4ccc(-c5ccc(-c6ccc7cc(-c8ccc9ccccc9c8)ccc7c6)cc5)cc4)c4ccc5oc6ccccc6c5c4)cccc32)cc1. The predicted octanol–water partition coefficient (Wildman–Crippen LogP) is 18.7. The molecule has 0 saturated heterocycles. The Kier molecular flexibility index (Phi) is 9.47. The van der Waals surface area contributed by atoms with Crippen molar-refractivity contribution < 1.29 is 4.42 Å². The highest BCUT2D eigenvalue weighted by molar-refractivity contribution is 6.07. The van der Waals surface area contributed by atoms with Crippen molar-refractivity contribution in [3.8, 4) is 44.5 Å². The fourth-order valence-electron chi connectivity index (χ4n) is 11.6. The maximum absolute atomic E-state index is 6.38. The lowest BCUT2D eigenvalue weighted by Crippen LogP contribution is -2.28. The van der Waals surface area contributed by atoms with Crippen LogP contribution in [0.1, 0.15) is 22.3 Å². The van der Waals surface area contributed by atoms with E-state index >= 15 is 0 Å². The first-order valence-corrected chi connectivity index (χ1v) is 24.5. The summed E-state index contributed by atoms with van der Waals surface area (Å²) in [6.07, 6.45) is 0. The van der Waals surface area contributed by atoms with Crippen LogP contribution < -0.4 is 4.90 Å². The van der Waals surface area contributed by atoms with E-state index in [0.717, 1.165) is 44.6 Å². The van der Waals surface area contributed by atoms with E-state index in [1.165, 1.54) is 82.7 Å². The van der Waals surface area contributed by atoms with E-state index in [1.807, 2.05) is 6.07 Å². The van der Waals surface area contributed by atoms with Crippen LogP contribution in [-0.4, -0.2) is 0 Å². The van der Waals surface area contributed by atoms with Crippen molar-refractivity contribution in [2.24, 2.45) is 0 Å². The van der Waals surface area contributed by atoms with Crippen LogP contribution in [0.4, 0.5) is 17.1 Å². The van der Waals surface area contributed by atoms with Gasteiger partial charge in [-0.2, -0.15) is 0 Å². The second kappa shape index (κ2) is 16.5. The molecule has 1 aromatic heterocycles. The Bertz CT molecular complexity index is 4110. The van der Waals surface area contributed by atoms with Gasteiger partial charge in [0, 0.05) is 27.7 Å². The second-order valence-corrected chi connectivity index (χ2v) is 18.8. The average Bonchev–Trinajstić information content (AvgIpc) is 3.98. The average molecular weight is 904 g/mol. The summed E-state index contributed by atoms with van der Waals surface area (Å²) < 4.78 is 6.38. The topological polar surface area (TPSA) is 16.4 Å². The first-order valence-electron chi connectivity index (χ1n) is 24.5. The summed E-state index contributed by atoms with van der Waals surface area (Å²) in [7, 11) is 0. The Morgan fingerprint density at radius 1 is 0.296 bits per heavy atom. The summed E-state index contributed by atoms with van der Waals surface area (Å²) in [5, 5.41) is 7.18. The molecule has 0 unspecified atom stereocenters. The molecule has 0 bridgehead atoms. The van der Waals surface area contributed by atoms with Gasteiger partial charge in [-0.3, -0.25) is 0 Å². The van der Waals surface area contributed by atoms with Crippen LogP contribution in [0.15, 0.2) is 277 Å². The summed E-state index contributed by atoms with van der Waals surface area (Å²) in [5.74, 6) is 0. The largest absolute Gasteiger partial charge is 0.456 e. The van der Waals surface area contributed by atoms with Crippen molar-refractivity contribution in [1.82, 2.24) is 0 Å². The summed E-state index contributed by atoms with van der Waals surface area (Å²) >= 11 is 0. The van der Waals surface area contributed by atoms with Gasteiger partial charge in [-0.1, -0.05) is 212 Å². The highest BCUT2D eigenvalue weighted by atomic mass is 16.3. The van der Waals surface area contributed by atoms with Gasteiger partial charge in [0.25, 0.3) is 0 Å². The van der Waals surface area contributed by atoms with Crippen molar-refractivity contribution in [3.05, 3.63) is 295 Å². The van der Waals surface area contributed by atoms with Crippen molar-refractivity contribution in [2.45, 2.75) is 5.41 Å². The maximum Gasteiger partial charge on any atom is 0.135 e. The Morgan fingerprint density at radius 2 is 0.775 bits per heavy atom. The van der Waals surface area contributed by atoms with Crippen LogP contribution in [0.5, 0.6) is 0 Å². The van der Waals surface area contributed by atoms with Crippen molar-refractivity contribution >= 4 is 60.5 Å². The van der Waals surface area contributed by atoms with Gasteiger partial charge in [0.05, 0.1) is 11.1 Å². The van der Waals surface area contributed by atoms with Crippen LogP contribution in [-0.2, 0) is 5.41 Å². The molecule has 0 amide bonds. The minimum atomic E-state index is -0.522. The highest BCUT2D eigenvalue weighted by Crippen LogP contribution is 2.59. The maximum atomic E-state index is 6.38. The monoisotopic (exact) mass is 903 g/mol. The molecule has 0 saturated carbocycles. The molecular weight excluding hydrogens is 859 g/mol. The quantitative estimate of drug-likeness (QED) is 0.151. The van der Waals surface area contributed by atoms with E-state index in [0.29, 0.717) is 0 Å². The lowest BCUT2D eigenvalue weighted by Gasteiger charge is -2.34. The Morgan fingerprint density at radius 3 is 1.46 bits per heavy atom. The third-order valence-electron chi connectivity index (χ3n) is 14.9. The standard InChI is InChI=1S/C69H45NO/c1-3-16-56(17-4-1)69(57-18-5-2-6-19-57)63-22-11-9-21-61(63)68-64(69)23-13-24-65(68)70(59-40-41-67-62(45-59)60-20-10-12-25-66(60)71-67)58-38-36-48(37-39-58)47-26-28-49(29-27-47)51-32-33-54-44-55(35-34-53(54)43-51)52-31-30-46-14-7-8-15-50(46)42-52/h1-45H. The number of hydrogen-bond acceptors (Lipinski definition) is 2. The van der Waals surface area contributed by atoms with Crippen LogP contribution in [0.2, 0.25) is 0 Å². The Hall–Kier alpha value is -9.24. The molecule has 0 aliphatic heterocycles. The number of anilines is 3. The molecule has 12 aromatic carbocycles. The molecule has 1 heterocycles. The molecule has 0 atom stereocenters. The van der Waals surface area contributed by atoms with Crippen molar-refractivity contribution in [1.29, 1.82) is 0 Å². The van der Waals surface area contributed by atoms with Gasteiger partial charge in [0.15, 0.2) is 0 Å². The van der Waals surface area contributed by atoms with E-state index in [1.54, 1.807) is 0 Å². The minimum absolute atomic E-state index is 0.522. The van der Waals surface area contributed by atoms with Gasteiger partial charge in [-0.15, -0.1) is 0 Å². The summed E-state index contributed by atoms with van der Waals surface area (Å²) in [4.78, 5) is 2.44. The Labute approximate surface area is 413 Å².